The van der Waals surface area contributed by atoms with Gasteiger partial charge in [0.15, 0.2) is 23.7 Å². The number of hydrogen-bond acceptors (Lipinski definition) is 3. The predicted octanol–water partition coefficient (Wildman–Crippen LogP) is 2.75. The van der Waals surface area contributed by atoms with Crippen LogP contribution in [0.3, 0.4) is 0 Å². The second-order valence-electron chi connectivity index (χ2n) is 3.85. The Balaban J connectivity index is 2.44. The predicted molar refractivity (Wildman–Crippen MR) is 59.7 cm³/mol. The van der Waals surface area contributed by atoms with Gasteiger partial charge in [0, 0.05) is 19.2 Å². The molecule has 0 radical (unpaired) electrons. The van der Waals surface area contributed by atoms with E-state index in [1.54, 1.807) is 6.92 Å². The minimum Gasteiger partial charge on any atom is -0.438 e. The summed E-state index contributed by atoms with van der Waals surface area (Å²) in [5.74, 6) is -4.56. The lowest BCUT2D eigenvalue weighted by Gasteiger charge is -2.07. The van der Waals surface area contributed by atoms with Gasteiger partial charge in [-0.15, -0.1) is 0 Å². The molecular formula is C12H9F3N2O2. The molecule has 2 rings (SSSR count). The van der Waals surface area contributed by atoms with E-state index in [1.165, 1.54) is 11.7 Å². The molecule has 0 unspecified atom stereocenters. The van der Waals surface area contributed by atoms with Crippen molar-refractivity contribution >= 4 is 6.29 Å². The Hall–Kier alpha value is -2.31. The first kappa shape index (κ1) is 13.1. The Kier molecular flexibility index (Phi) is 3.28. The molecule has 0 fully saturated rings. The summed E-state index contributed by atoms with van der Waals surface area (Å²) >= 11 is 0. The van der Waals surface area contributed by atoms with Crippen LogP contribution in [0.25, 0.3) is 0 Å². The number of carbonyl (C=O) groups is 1. The maximum Gasteiger partial charge on any atom is 0.228 e. The van der Waals surface area contributed by atoms with Gasteiger partial charge in [0.1, 0.15) is 5.75 Å². The molecule has 1 heterocycles. The van der Waals surface area contributed by atoms with Crippen LogP contribution in [-0.4, -0.2) is 16.1 Å². The molecule has 0 saturated heterocycles. The van der Waals surface area contributed by atoms with Crippen LogP contribution in [0.4, 0.5) is 13.2 Å². The first-order chi connectivity index (χ1) is 8.93. The van der Waals surface area contributed by atoms with E-state index in [0.717, 1.165) is 0 Å². The fourth-order valence-electron chi connectivity index (χ4n) is 1.61. The Morgan fingerprint density at radius 1 is 1.26 bits per heavy atom. The fraction of sp³-hybridized carbons (Fsp3) is 0.167. The lowest BCUT2D eigenvalue weighted by molar-refractivity contribution is 0.112. The fourth-order valence-corrected chi connectivity index (χ4v) is 1.61. The number of benzene rings is 1. The minimum absolute atomic E-state index is 0.0258. The van der Waals surface area contributed by atoms with E-state index < -0.39 is 17.5 Å². The van der Waals surface area contributed by atoms with E-state index in [1.807, 2.05) is 0 Å². The van der Waals surface area contributed by atoms with Gasteiger partial charge in [0.25, 0.3) is 0 Å². The van der Waals surface area contributed by atoms with Crippen LogP contribution in [0.1, 0.15) is 16.1 Å². The molecule has 7 heteroatoms. The van der Waals surface area contributed by atoms with Crippen molar-refractivity contribution < 1.29 is 22.7 Å². The highest BCUT2D eigenvalue weighted by Gasteiger charge is 2.17. The Bertz CT molecular complexity index is 630. The summed E-state index contributed by atoms with van der Waals surface area (Å²) in [6.45, 7) is 1.59. The first-order valence-electron chi connectivity index (χ1n) is 5.25. The van der Waals surface area contributed by atoms with E-state index in [4.69, 9.17) is 4.74 Å². The highest BCUT2D eigenvalue weighted by molar-refractivity contribution is 5.80. The van der Waals surface area contributed by atoms with Gasteiger partial charge in [0.2, 0.25) is 5.88 Å². The molecule has 1 aromatic heterocycles. The number of aldehydes is 1. The summed E-state index contributed by atoms with van der Waals surface area (Å²) in [6.07, 6.45) is 0.522. The molecule has 0 spiro atoms. The molecule has 2 aromatic rings. The van der Waals surface area contributed by atoms with Crippen molar-refractivity contribution in [1.29, 1.82) is 0 Å². The van der Waals surface area contributed by atoms with E-state index in [9.17, 15) is 18.0 Å². The quantitative estimate of drug-likeness (QED) is 0.636. The van der Waals surface area contributed by atoms with Crippen molar-refractivity contribution in [2.75, 3.05) is 0 Å². The SMILES string of the molecule is Cc1nn(C)c(Oc2cc(F)c(F)c(F)c2)c1C=O. The highest BCUT2D eigenvalue weighted by atomic mass is 19.2. The van der Waals surface area contributed by atoms with Crippen LogP contribution in [0.2, 0.25) is 0 Å². The van der Waals surface area contributed by atoms with Crippen LogP contribution in [-0.2, 0) is 7.05 Å². The summed E-state index contributed by atoms with van der Waals surface area (Å²) in [7, 11) is 1.51. The molecule has 0 bridgehead atoms. The second-order valence-corrected chi connectivity index (χ2v) is 3.85. The third-order valence-electron chi connectivity index (χ3n) is 2.50. The van der Waals surface area contributed by atoms with Crippen molar-refractivity contribution in [1.82, 2.24) is 9.78 Å². The van der Waals surface area contributed by atoms with Gasteiger partial charge in [-0.25, -0.2) is 17.9 Å². The maximum absolute atomic E-state index is 13.0. The molecule has 0 aliphatic rings. The number of hydrogen-bond donors (Lipinski definition) is 0. The van der Waals surface area contributed by atoms with E-state index in [0.29, 0.717) is 24.1 Å². The monoisotopic (exact) mass is 270 g/mol. The van der Waals surface area contributed by atoms with Crippen LogP contribution in [0.15, 0.2) is 12.1 Å². The summed E-state index contributed by atoms with van der Waals surface area (Å²) in [6, 6.07) is 1.38. The number of carbonyl (C=O) groups excluding carboxylic acids is 1. The Labute approximate surface area is 106 Å². The van der Waals surface area contributed by atoms with Gasteiger partial charge in [0.05, 0.1) is 11.3 Å². The summed E-state index contributed by atoms with van der Waals surface area (Å²) in [4.78, 5) is 10.9. The molecule has 0 aliphatic carbocycles. The molecular weight excluding hydrogens is 261 g/mol. The van der Waals surface area contributed by atoms with Crippen LogP contribution in [0.5, 0.6) is 11.6 Å². The molecule has 4 nitrogen and oxygen atoms in total. The van der Waals surface area contributed by atoms with Gasteiger partial charge in [-0.3, -0.25) is 4.79 Å². The minimum atomic E-state index is -1.58. The number of aryl methyl sites for hydroxylation is 2. The number of rotatable bonds is 3. The van der Waals surface area contributed by atoms with E-state index >= 15 is 0 Å². The van der Waals surface area contributed by atoms with Gasteiger partial charge in [-0.1, -0.05) is 0 Å². The molecule has 0 atom stereocenters. The number of ether oxygens (including phenoxy) is 1. The largest absolute Gasteiger partial charge is 0.438 e. The van der Waals surface area contributed by atoms with Crippen molar-refractivity contribution in [2.45, 2.75) is 6.92 Å². The molecule has 1 aromatic carbocycles. The summed E-state index contributed by atoms with van der Waals surface area (Å²) < 4.78 is 45.3. The van der Waals surface area contributed by atoms with Crippen molar-refractivity contribution in [3.63, 3.8) is 0 Å². The molecule has 19 heavy (non-hydrogen) atoms. The third kappa shape index (κ3) is 2.31. The van der Waals surface area contributed by atoms with Gasteiger partial charge < -0.3 is 4.74 Å². The zero-order chi connectivity index (χ0) is 14.2. The van der Waals surface area contributed by atoms with E-state index in [2.05, 4.69) is 5.10 Å². The average molecular weight is 270 g/mol. The van der Waals surface area contributed by atoms with Gasteiger partial charge >= 0.3 is 0 Å². The molecule has 0 N–H and O–H groups in total. The molecule has 0 saturated carbocycles. The summed E-state index contributed by atoms with van der Waals surface area (Å²) in [5, 5.41) is 3.94. The standard InChI is InChI=1S/C12H9F3N2O2/c1-6-8(5-18)12(17(2)16-6)19-7-3-9(13)11(15)10(14)4-7/h3-5H,1-2H3. The number of halogens is 3. The lowest BCUT2D eigenvalue weighted by atomic mass is 10.3. The van der Waals surface area contributed by atoms with Crippen molar-refractivity contribution in [2.24, 2.45) is 7.05 Å². The Morgan fingerprint density at radius 3 is 2.37 bits per heavy atom. The van der Waals surface area contributed by atoms with Crippen molar-refractivity contribution in [3.05, 3.63) is 40.8 Å². The van der Waals surface area contributed by atoms with Crippen LogP contribution >= 0.6 is 0 Å². The number of aromatic nitrogens is 2. The normalized spacial score (nSPS) is 10.6. The van der Waals surface area contributed by atoms with Crippen LogP contribution < -0.4 is 4.74 Å². The number of nitrogens with zero attached hydrogens (tertiary/aromatic N) is 2. The second kappa shape index (κ2) is 4.75. The highest BCUT2D eigenvalue weighted by Crippen LogP contribution is 2.28. The lowest BCUT2D eigenvalue weighted by Crippen LogP contribution is -1.99. The zero-order valence-electron chi connectivity index (χ0n) is 10.1. The Morgan fingerprint density at radius 2 is 1.84 bits per heavy atom. The van der Waals surface area contributed by atoms with Crippen molar-refractivity contribution in [3.8, 4) is 11.6 Å². The third-order valence-corrected chi connectivity index (χ3v) is 2.50. The average Bonchev–Trinajstić information content (AvgIpc) is 2.60. The summed E-state index contributed by atoms with van der Waals surface area (Å²) in [5.41, 5.74) is 0.572. The molecule has 100 valence electrons. The molecule has 0 aliphatic heterocycles. The molecule has 0 amide bonds. The first-order valence-corrected chi connectivity index (χ1v) is 5.25. The maximum atomic E-state index is 13.0. The zero-order valence-corrected chi connectivity index (χ0v) is 10.1. The van der Waals surface area contributed by atoms with Gasteiger partial charge in [-0.2, -0.15) is 5.10 Å². The van der Waals surface area contributed by atoms with Gasteiger partial charge in [-0.05, 0) is 6.92 Å². The van der Waals surface area contributed by atoms with E-state index in [-0.39, 0.29) is 17.2 Å². The smallest absolute Gasteiger partial charge is 0.228 e. The topological polar surface area (TPSA) is 44.1 Å². The van der Waals surface area contributed by atoms with Crippen LogP contribution in [0, 0.1) is 24.4 Å².